The van der Waals surface area contributed by atoms with Crippen molar-refractivity contribution < 1.29 is 5.11 Å². The molecule has 1 atom stereocenters. The molecule has 1 rings (SSSR count). The third-order valence-electron chi connectivity index (χ3n) is 1.35. The molecule has 0 aliphatic carbocycles. The van der Waals surface area contributed by atoms with E-state index in [9.17, 15) is 0 Å². The van der Waals surface area contributed by atoms with Crippen LogP contribution in [0.25, 0.3) is 0 Å². The van der Waals surface area contributed by atoms with Gasteiger partial charge in [-0.05, 0) is 24.6 Å². The number of aliphatic hydroxyl groups excluding tert-OH is 1. The average molecular weight is 201 g/mol. The fraction of sp³-hybridized carbons (Fsp3) is 0.250. The Labute approximate surface area is 68.8 Å². The minimum absolute atomic E-state index is 0.368. The van der Waals surface area contributed by atoms with Crippen LogP contribution in [0.4, 0.5) is 0 Å². The Kier molecular flexibility index (Phi) is 2.46. The fourth-order valence-electron chi connectivity index (χ4n) is 0.741. The first-order valence-corrected chi connectivity index (χ1v) is 3.93. The highest BCUT2D eigenvalue weighted by Gasteiger charge is 1.97. The molecule has 0 aliphatic rings. The second-order valence-electron chi connectivity index (χ2n) is 2.23. The van der Waals surface area contributed by atoms with E-state index in [0.717, 1.165) is 10.0 Å². The molecule has 0 bridgehead atoms. The topological polar surface area (TPSA) is 20.2 Å². The van der Waals surface area contributed by atoms with Crippen LogP contribution >= 0.6 is 15.9 Å². The van der Waals surface area contributed by atoms with Crippen molar-refractivity contribution in [3.8, 4) is 0 Å². The van der Waals surface area contributed by atoms with Gasteiger partial charge in [-0.3, -0.25) is 0 Å². The lowest BCUT2D eigenvalue weighted by molar-refractivity contribution is 0.199. The van der Waals surface area contributed by atoms with Gasteiger partial charge in [0.05, 0.1) is 6.10 Å². The number of hydrogen-bond acceptors (Lipinski definition) is 1. The third-order valence-corrected chi connectivity index (χ3v) is 1.88. The van der Waals surface area contributed by atoms with Gasteiger partial charge in [0, 0.05) is 4.47 Å². The summed E-state index contributed by atoms with van der Waals surface area (Å²) in [6.45, 7) is 1.75. The highest BCUT2D eigenvalue weighted by Crippen LogP contribution is 2.15. The van der Waals surface area contributed by atoms with Crippen LogP contribution in [0.15, 0.2) is 28.7 Å². The van der Waals surface area contributed by atoms with Gasteiger partial charge in [0.25, 0.3) is 0 Å². The van der Waals surface area contributed by atoms with Gasteiger partial charge in [-0.2, -0.15) is 0 Å². The summed E-state index contributed by atoms with van der Waals surface area (Å²) in [5.41, 5.74) is 0.947. The molecule has 1 aromatic carbocycles. The van der Waals surface area contributed by atoms with Crippen LogP contribution in [-0.4, -0.2) is 5.11 Å². The van der Waals surface area contributed by atoms with Crippen LogP contribution in [0.1, 0.15) is 18.6 Å². The normalized spacial score (nSPS) is 13.1. The lowest BCUT2D eigenvalue weighted by Gasteiger charge is -2.02. The Morgan fingerprint density at radius 2 is 1.80 bits per heavy atom. The van der Waals surface area contributed by atoms with E-state index in [1.54, 1.807) is 6.92 Å². The Bertz CT molecular complexity index is 203. The number of hydrogen-bond donors (Lipinski definition) is 1. The van der Waals surface area contributed by atoms with Crippen molar-refractivity contribution in [3.05, 3.63) is 34.3 Å². The Hall–Kier alpha value is -0.340. The largest absolute Gasteiger partial charge is 0.389 e. The molecule has 0 spiro atoms. The highest BCUT2D eigenvalue weighted by molar-refractivity contribution is 9.10. The van der Waals surface area contributed by atoms with Gasteiger partial charge in [0.15, 0.2) is 0 Å². The first kappa shape index (κ1) is 7.76. The van der Waals surface area contributed by atoms with Crippen molar-refractivity contribution >= 4 is 15.9 Å². The first-order chi connectivity index (χ1) is 4.70. The van der Waals surface area contributed by atoms with E-state index in [1.807, 2.05) is 24.3 Å². The van der Waals surface area contributed by atoms with E-state index >= 15 is 0 Å². The number of rotatable bonds is 1. The van der Waals surface area contributed by atoms with Gasteiger partial charge in [-0.1, -0.05) is 28.1 Å². The standard InChI is InChI=1S/C8H9BrO/c1-6(10)7-2-4-8(9)5-3-7/h2-6,10H,1H3/t6-/m1/s1. The summed E-state index contributed by atoms with van der Waals surface area (Å²) in [6.07, 6.45) is -0.368. The molecule has 1 nitrogen and oxygen atoms in total. The maximum Gasteiger partial charge on any atom is 0.0761 e. The molecule has 2 heteroatoms. The van der Waals surface area contributed by atoms with Crippen LogP contribution in [0.3, 0.4) is 0 Å². The van der Waals surface area contributed by atoms with Gasteiger partial charge in [0.2, 0.25) is 0 Å². The molecule has 0 amide bonds. The van der Waals surface area contributed by atoms with Crippen molar-refractivity contribution in [2.45, 2.75) is 13.0 Å². The van der Waals surface area contributed by atoms with Gasteiger partial charge >= 0.3 is 0 Å². The monoisotopic (exact) mass is 200 g/mol. The molecule has 1 N–H and O–H groups in total. The molecule has 0 aliphatic heterocycles. The molecular formula is C8H9BrO. The van der Waals surface area contributed by atoms with Crippen LogP contribution in [0.5, 0.6) is 0 Å². The summed E-state index contributed by atoms with van der Waals surface area (Å²) in [5.74, 6) is 0. The second kappa shape index (κ2) is 3.17. The molecule has 54 valence electrons. The number of benzene rings is 1. The minimum Gasteiger partial charge on any atom is -0.389 e. The van der Waals surface area contributed by atoms with E-state index in [2.05, 4.69) is 15.9 Å². The molecule has 0 fully saturated rings. The Morgan fingerprint density at radius 1 is 1.30 bits per heavy atom. The van der Waals surface area contributed by atoms with E-state index in [0.29, 0.717) is 0 Å². The van der Waals surface area contributed by atoms with Gasteiger partial charge < -0.3 is 5.11 Å². The molecular weight excluding hydrogens is 192 g/mol. The zero-order chi connectivity index (χ0) is 7.56. The van der Waals surface area contributed by atoms with Crippen LogP contribution in [0, 0.1) is 0 Å². The molecule has 0 heterocycles. The molecule has 1 aromatic rings. The molecule has 0 aromatic heterocycles. The highest BCUT2D eigenvalue weighted by atomic mass is 79.9. The summed E-state index contributed by atoms with van der Waals surface area (Å²) in [7, 11) is 0. The lowest BCUT2D eigenvalue weighted by atomic mass is 10.1. The number of halogens is 1. The van der Waals surface area contributed by atoms with Crippen molar-refractivity contribution in [1.29, 1.82) is 0 Å². The zero-order valence-electron chi connectivity index (χ0n) is 5.71. The smallest absolute Gasteiger partial charge is 0.0761 e. The number of aliphatic hydroxyl groups is 1. The minimum atomic E-state index is -0.368. The summed E-state index contributed by atoms with van der Waals surface area (Å²) in [4.78, 5) is 0. The van der Waals surface area contributed by atoms with E-state index in [4.69, 9.17) is 5.11 Å². The van der Waals surface area contributed by atoms with E-state index in [-0.39, 0.29) is 6.10 Å². The van der Waals surface area contributed by atoms with E-state index in [1.165, 1.54) is 0 Å². The summed E-state index contributed by atoms with van der Waals surface area (Å²) < 4.78 is 1.04. The molecule has 0 saturated heterocycles. The van der Waals surface area contributed by atoms with Crippen molar-refractivity contribution in [2.75, 3.05) is 0 Å². The Morgan fingerprint density at radius 3 is 2.20 bits per heavy atom. The predicted octanol–water partition coefficient (Wildman–Crippen LogP) is 2.50. The summed E-state index contributed by atoms with van der Waals surface area (Å²) in [6, 6.07) is 7.63. The molecule has 0 saturated carbocycles. The summed E-state index contributed by atoms with van der Waals surface area (Å²) in [5, 5.41) is 9.10. The first-order valence-electron chi connectivity index (χ1n) is 3.13. The average Bonchev–Trinajstić information content (AvgIpc) is 1.88. The predicted molar refractivity (Wildman–Crippen MR) is 44.8 cm³/mol. The maximum absolute atomic E-state index is 9.10. The fourth-order valence-corrected chi connectivity index (χ4v) is 1.01. The molecule has 0 unspecified atom stereocenters. The van der Waals surface area contributed by atoms with E-state index < -0.39 is 0 Å². The second-order valence-corrected chi connectivity index (χ2v) is 3.14. The van der Waals surface area contributed by atoms with Crippen molar-refractivity contribution in [1.82, 2.24) is 0 Å². The van der Waals surface area contributed by atoms with Crippen LogP contribution in [0.2, 0.25) is 0 Å². The van der Waals surface area contributed by atoms with Crippen LogP contribution in [-0.2, 0) is 0 Å². The van der Waals surface area contributed by atoms with Crippen LogP contribution < -0.4 is 0 Å². The van der Waals surface area contributed by atoms with Crippen molar-refractivity contribution in [2.24, 2.45) is 0 Å². The molecule has 0 radical (unpaired) electrons. The third kappa shape index (κ3) is 1.82. The Balaban J connectivity index is 2.89. The maximum atomic E-state index is 9.10. The zero-order valence-corrected chi connectivity index (χ0v) is 7.30. The SMILES string of the molecule is C[C@@H](O)c1ccc(Br)cc1. The van der Waals surface area contributed by atoms with Gasteiger partial charge in [0.1, 0.15) is 0 Å². The summed E-state index contributed by atoms with van der Waals surface area (Å²) >= 11 is 3.31. The lowest BCUT2D eigenvalue weighted by Crippen LogP contribution is -1.88. The quantitative estimate of drug-likeness (QED) is 0.739. The van der Waals surface area contributed by atoms with Crippen molar-refractivity contribution in [3.63, 3.8) is 0 Å². The van der Waals surface area contributed by atoms with Gasteiger partial charge in [-0.25, -0.2) is 0 Å². The van der Waals surface area contributed by atoms with Gasteiger partial charge in [-0.15, -0.1) is 0 Å². The molecule has 10 heavy (non-hydrogen) atoms.